The first-order valence-electron chi connectivity index (χ1n) is 5.00. The number of rotatable bonds is 3. The van der Waals surface area contributed by atoms with Gasteiger partial charge in [0, 0.05) is 27.1 Å². The summed E-state index contributed by atoms with van der Waals surface area (Å²) >= 11 is 4.63. The van der Waals surface area contributed by atoms with E-state index in [-0.39, 0.29) is 6.54 Å². The van der Waals surface area contributed by atoms with E-state index in [4.69, 9.17) is 5.11 Å². The lowest BCUT2D eigenvalue weighted by atomic mass is 10.2. The van der Waals surface area contributed by atoms with E-state index >= 15 is 0 Å². The van der Waals surface area contributed by atoms with Crippen LogP contribution in [0.4, 0.5) is 13.2 Å². The monoisotopic (exact) mass is 353 g/mol. The third-order valence-corrected chi connectivity index (χ3v) is 4.06. The van der Waals surface area contributed by atoms with Crippen LogP contribution < -0.4 is 0 Å². The molecule has 0 aliphatic heterocycles. The van der Waals surface area contributed by atoms with Gasteiger partial charge in [-0.05, 0) is 22.0 Å². The van der Waals surface area contributed by atoms with Crippen LogP contribution >= 0.6 is 27.3 Å². The molecule has 1 N–H and O–H groups in total. The van der Waals surface area contributed by atoms with E-state index in [1.807, 2.05) is 5.38 Å². The molecule has 0 aliphatic carbocycles. The van der Waals surface area contributed by atoms with Crippen LogP contribution in [0.15, 0.2) is 28.3 Å². The first-order chi connectivity index (χ1) is 8.77. The number of hydrogen-bond acceptors (Lipinski definition) is 2. The number of nitrogens with zero attached hydrogens (tertiary/aromatic N) is 1. The van der Waals surface area contributed by atoms with Crippen molar-refractivity contribution in [2.24, 2.45) is 0 Å². The van der Waals surface area contributed by atoms with Gasteiger partial charge in [0.15, 0.2) is 0 Å². The Labute approximate surface area is 118 Å². The second kappa shape index (κ2) is 5.01. The molecular formula is C11H7BrF3NO2S. The average Bonchev–Trinajstić information content (AvgIpc) is 2.85. The van der Waals surface area contributed by atoms with Gasteiger partial charge in [0.05, 0.1) is 17.7 Å². The van der Waals surface area contributed by atoms with Gasteiger partial charge < -0.3 is 9.67 Å². The minimum absolute atomic E-state index is 0.201. The van der Waals surface area contributed by atoms with E-state index in [0.717, 1.165) is 21.7 Å². The van der Waals surface area contributed by atoms with Crippen molar-refractivity contribution in [2.75, 3.05) is 0 Å². The zero-order valence-corrected chi connectivity index (χ0v) is 11.6. The smallest absolute Gasteiger partial charge is 0.418 e. The van der Waals surface area contributed by atoms with Crippen LogP contribution in [0.3, 0.4) is 0 Å². The lowest BCUT2D eigenvalue weighted by Gasteiger charge is -2.04. The quantitative estimate of drug-likeness (QED) is 0.903. The van der Waals surface area contributed by atoms with Crippen molar-refractivity contribution in [1.82, 2.24) is 4.57 Å². The predicted octanol–water partition coefficient (Wildman–Crippen LogP) is 4.08. The molecule has 3 nitrogen and oxygen atoms in total. The predicted molar refractivity (Wildman–Crippen MR) is 67.5 cm³/mol. The highest BCUT2D eigenvalue weighted by molar-refractivity contribution is 9.10. The summed E-state index contributed by atoms with van der Waals surface area (Å²) in [6.45, 7) is 0.201. The Hall–Kier alpha value is -1.28. The van der Waals surface area contributed by atoms with Crippen molar-refractivity contribution in [3.63, 3.8) is 0 Å². The van der Waals surface area contributed by atoms with Gasteiger partial charge in [-0.3, -0.25) is 0 Å². The molecule has 0 atom stereocenters. The SMILES string of the molecule is O=C(O)c1cn(Cc2cc(Br)cs2)cc1C(F)(F)F. The molecule has 0 radical (unpaired) electrons. The van der Waals surface area contributed by atoms with Gasteiger partial charge in [-0.15, -0.1) is 11.3 Å². The van der Waals surface area contributed by atoms with E-state index in [9.17, 15) is 18.0 Å². The Morgan fingerprint density at radius 1 is 1.42 bits per heavy atom. The minimum Gasteiger partial charge on any atom is -0.478 e. The van der Waals surface area contributed by atoms with Crippen molar-refractivity contribution in [1.29, 1.82) is 0 Å². The molecule has 0 aromatic carbocycles. The van der Waals surface area contributed by atoms with Crippen LogP contribution in [-0.4, -0.2) is 15.6 Å². The number of thiophene rings is 1. The third-order valence-electron chi connectivity index (χ3n) is 2.38. The van der Waals surface area contributed by atoms with Crippen LogP contribution in [0.1, 0.15) is 20.8 Å². The van der Waals surface area contributed by atoms with E-state index in [1.165, 1.54) is 15.9 Å². The summed E-state index contributed by atoms with van der Waals surface area (Å²) in [5, 5.41) is 10.6. The second-order valence-corrected chi connectivity index (χ2v) is 5.70. The molecule has 2 heterocycles. The lowest BCUT2D eigenvalue weighted by Crippen LogP contribution is -2.09. The van der Waals surface area contributed by atoms with Crippen molar-refractivity contribution in [3.8, 4) is 0 Å². The number of alkyl halides is 3. The van der Waals surface area contributed by atoms with Crippen LogP contribution in [-0.2, 0) is 12.7 Å². The number of aromatic carboxylic acids is 1. The van der Waals surface area contributed by atoms with Crippen LogP contribution in [0, 0.1) is 0 Å². The van der Waals surface area contributed by atoms with E-state index < -0.39 is 23.3 Å². The van der Waals surface area contributed by atoms with Crippen molar-refractivity contribution in [2.45, 2.75) is 12.7 Å². The van der Waals surface area contributed by atoms with Crippen molar-refractivity contribution >= 4 is 33.2 Å². The standard InChI is InChI=1S/C11H7BrF3NO2S/c12-6-1-7(19-5-6)2-16-3-8(10(17)18)9(4-16)11(13,14)15/h1,3-5H,2H2,(H,17,18). The Morgan fingerprint density at radius 2 is 2.11 bits per heavy atom. The third kappa shape index (κ3) is 3.19. The molecule has 0 saturated carbocycles. The summed E-state index contributed by atoms with van der Waals surface area (Å²) in [5.74, 6) is -1.58. The Balaban J connectivity index is 2.35. The fourth-order valence-corrected chi connectivity index (χ4v) is 3.07. The van der Waals surface area contributed by atoms with Gasteiger partial charge >= 0.3 is 12.1 Å². The molecule has 0 saturated heterocycles. The summed E-state index contributed by atoms with van der Waals surface area (Å²) in [4.78, 5) is 11.6. The van der Waals surface area contributed by atoms with Gasteiger partial charge in [0.1, 0.15) is 0 Å². The number of carbonyl (C=O) groups is 1. The zero-order chi connectivity index (χ0) is 14.2. The Kier molecular flexibility index (Phi) is 3.73. The van der Waals surface area contributed by atoms with Crippen molar-refractivity contribution in [3.05, 3.63) is 44.3 Å². The number of carboxylic acids is 1. The van der Waals surface area contributed by atoms with E-state index in [1.54, 1.807) is 6.07 Å². The van der Waals surface area contributed by atoms with E-state index in [2.05, 4.69) is 15.9 Å². The summed E-state index contributed by atoms with van der Waals surface area (Å²) in [6, 6.07) is 1.78. The highest BCUT2D eigenvalue weighted by Gasteiger charge is 2.36. The van der Waals surface area contributed by atoms with Gasteiger partial charge in [0.25, 0.3) is 0 Å². The molecule has 0 amide bonds. The highest BCUT2D eigenvalue weighted by atomic mass is 79.9. The fourth-order valence-electron chi connectivity index (χ4n) is 1.61. The molecule has 2 aromatic heterocycles. The molecule has 102 valence electrons. The van der Waals surface area contributed by atoms with Gasteiger partial charge in [-0.25, -0.2) is 4.79 Å². The van der Waals surface area contributed by atoms with Gasteiger partial charge in [0.2, 0.25) is 0 Å². The normalized spacial score (nSPS) is 11.8. The first-order valence-corrected chi connectivity index (χ1v) is 6.68. The minimum atomic E-state index is -4.67. The Morgan fingerprint density at radius 3 is 2.53 bits per heavy atom. The van der Waals surface area contributed by atoms with E-state index in [0.29, 0.717) is 0 Å². The topological polar surface area (TPSA) is 42.2 Å². The largest absolute Gasteiger partial charge is 0.478 e. The van der Waals surface area contributed by atoms with Gasteiger partial charge in [-0.2, -0.15) is 13.2 Å². The number of aromatic nitrogens is 1. The zero-order valence-electron chi connectivity index (χ0n) is 9.24. The maximum atomic E-state index is 12.7. The van der Waals surface area contributed by atoms with Crippen LogP contribution in [0.2, 0.25) is 0 Å². The number of hydrogen-bond donors (Lipinski definition) is 1. The molecule has 2 rings (SSSR count). The van der Waals surface area contributed by atoms with Crippen molar-refractivity contribution < 1.29 is 23.1 Å². The first kappa shape index (κ1) is 14.1. The summed E-state index contributed by atoms with van der Waals surface area (Å²) in [7, 11) is 0. The molecule has 0 fully saturated rings. The lowest BCUT2D eigenvalue weighted by molar-refractivity contribution is -0.138. The van der Waals surface area contributed by atoms with Crippen LogP contribution in [0.25, 0.3) is 0 Å². The average molecular weight is 354 g/mol. The molecule has 8 heteroatoms. The number of carboxylic acid groups (broad SMARTS) is 1. The fraction of sp³-hybridized carbons (Fsp3) is 0.182. The molecule has 19 heavy (non-hydrogen) atoms. The number of halogens is 4. The summed E-state index contributed by atoms with van der Waals surface area (Å²) in [5.41, 5.74) is -1.86. The summed E-state index contributed by atoms with van der Waals surface area (Å²) < 4.78 is 40.1. The molecular weight excluding hydrogens is 347 g/mol. The molecule has 0 spiro atoms. The molecule has 0 unspecified atom stereocenters. The second-order valence-electron chi connectivity index (χ2n) is 3.79. The molecule has 2 aromatic rings. The van der Waals surface area contributed by atoms with Crippen LogP contribution in [0.5, 0.6) is 0 Å². The molecule has 0 bridgehead atoms. The van der Waals surface area contributed by atoms with Gasteiger partial charge in [-0.1, -0.05) is 0 Å². The maximum absolute atomic E-state index is 12.7. The Bertz CT molecular complexity index is 618. The molecule has 0 aliphatic rings. The summed E-state index contributed by atoms with van der Waals surface area (Å²) in [6.07, 6.45) is -2.86. The maximum Gasteiger partial charge on any atom is 0.418 e. The highest BCUT2D eigenvalue weighted by Crippen LogP contribution is 2.33.